The van der Waals surface area contributed by atoms with Crippen LogP contribution in [0, 0.1) is 5.41 Å². The average Bonchev–Trinajstić information content (AvgIpc) is 2.39. The molecule has 0 amide bonds. The van der Waals surface area contributed by atoms with Gasteiger partial charge in [0.05, 0.1) is 7.11 Å². The van der Waals surface area contributed by atoms with E-state index < -0.39 is 0 Å². The summed E-state index contributed by atoms with van der Waals surface area (Å²) in [5.41, 5.74) is 7.72. The Balaban J connectivity index is 2.14. The number of likely N-dealkylation sites (tertiary alicyclic amines) is 1. The molecular weight excluding hydrogens is 236 g/mol. The van der Waals surface area contributed by atoms with Gasteiger partial charge in [-0.05, 0) is 42.5 Å². The van der Waals surface area contributed by atoms with Crippen molar-refractivity contribution in [2.45, 2.75) is 32.7 Å². The molecule has 2 rings (SSSR count). The van der Waals surface area contributed by atoms with Gasteiger partial charge in [0, 0.05) is 19.1 Å². The maximum Gasteiger partial charge on any atom is 0.118 e. The SMILES string of the molecule is COc1ccc(C(CN)N2CCCC(C)(C)C2)cc1. The quantitative estimate of drug-likeness (QED) is 0.907. The first-order valence-corrected chi connectivity index (χ1v) is 7.14. The summed E-state index contributed by atoms with van der Waals surface area (Å²) in [7, 11) is 1.70. The number of piperidine rings is 1. The number of nitrogens with zero attached hydrogens (tertiary/aromatic N) is 1. The molecule has 1 unspecified atom stereocenters. The molecule has 0 aliphatic carbocycles. The van der Waals surface area contributed by atoms with Crippen molar-refractivity contribution in [2.75, 3.05) is 26.7 Å². The van der Waals surface area contributed by atoms with Crippen molar-refractivity contribution in [3.8, 4) is 5.75 Å². The van der Waals surface area contributed by atoms with Crippen LogP contribution in [0.1, 0.15) is 38.3 Å². The van der Waals surface area contributed by atoms with Crippen molar-refractivity contribution in [1.82, 2.24) is 4.90 Å². The van der Waals surface area contributed by atoms with Crippen molar-refractivity contribution in [3.05, 3.63) is 29.8 Å². The number of rotatable bonds is 4. The smallest absolute Gasteiger partial charge is 0.118 e. The van der Waals surface area contributed by atoms with Gasteiger partial charge in [0.15, 0.2) is 0 Å². The molecule has 2 N–H and O–H groups in total. The molecule has 0 bridgehead atoms. The summed E-state index contributed by atoms with van der Waals surface area (Å²) in [6, 6.07) is 8.64. The molecule has 106 valence electrons. The Morgan fingerprint density at radius 3 is 2.53 bits per heavy atom. The fourth-order valence-corrected chi connectivity index (χ4v) is 3.06. The number of nitrogens with two attached hydrogens (primary N) is 1. The van der Waals surface area contributed by atoms with Crippen LogP contribution in [-0.4, -0.2) is 31.6 Å². The number of ether oxygens (including phenoxy) is 1. The first-order valence-electron chi connectivity index (χ1n) is 7.14. The molecule has 1 aromatic carbocycles. The molecular formula is C16H26N2O. The highest BCUT2D eigenvalue weighted by Gasteiger charge is 2.30. The first-order chi connectivity index (χ1) is 9.05. The molecule has 0 radical (unpaired) electrons. The largest absolute Gasteiger partial charge is 0.497 e. The van der Waals surface area contributed by atoms with Gasteiger partial charge in [-0.3, -0.25) is 4.90 Å². The lowest BCUT2D eigenvalue weighted by Gasteiger charge is -2.42. The Bertz CT molecular complexity index is 400. The second-order valence-corrected chi connectivity index (χ2v) is 6.26. The van der Waals surface area contributed by atoms with Crippen LogP contribution in [0.2, 0.25) is 0 Å². The molecule has 0 spiro atoms. The van der Waals surface area contributed by atoms with Crippen LogP contribution in [0.5, 0.6) is 5.75 Å². The Morgan fingerprint density at radius 2 is 2.00 bits per heavy atom. The molecule has 3 nitrogen and oxygen atoms in total. The van der Waals surface area contributed by atoms with Crippen molar-refractivity contribution in [1.29, 1.82) is 0 Å². The van der Waals surface area contributed by atoms with Gasteiger partial charge in [-0.1, -0.05) is 26.0 Å². The van der Waals surface area contributed by atoms with Gasteiger partial charge in [0.2, 0.25) is 0 Å². The molecule has 1 atom stereocenters. The number of hydrogen-bond acceptors (Lipinski definition) is 3. The van der Waals surface area contributed by atoms with E-state index in [1.807, 2.05) is 12.1 Å². The van der Waals surface area contributed by atoms with Gasteiger partial charge < -0.3 is 10.5 Å². The average molecular weight is 262 g/mol. The summed E-state index contributed by atoms with van der Waals surface area (Å²) in [6.07, 6.45) is 2.57. The summed E-state index contributed by atoms with van der Waals surface area (Å²) in [6.45, 7) is 7.64. The topological polar surface area (TPSA) is 38.5 Å². The summed E-state index contributed by atoms with van der Waals surface area (Å²) in [4.78, 5) is 2.53. The zero-order valence-electron chi connectivity index (χ0n) is 12.4. The Kier molecular flexibility index (Phi) is 4.48. The third kappa shape index (κ3) is 3.48. The van der Waals surface area contributed by atoms with Gasteiger partial charge in [0.1, 0.15) is 5.75 Å². The molecule has 1 fully saturated rings. The monoisotopic (exact) mass is 262 g/mol. The normalized spacial score (nSPS) is 21.1. The van der Waals surface area contributed by atoms with E-state index in [2.05, 4.69) is 30.9 Å². The third-order valence-electron chi connectivity index (χ3n) is 4.09. The zero-order valence-corrected chi connectivity index (χ0v) is 12.4. The second-order valence-electron chi connectivity index (χ2n) is 6.26. The Hall–Kier alpha value is -1.06. The van der Waals surface area contributed by atoms with E-state index in [1.54, 1.807) is 7.11 Å². The van der Waals surface area contributed by atoms with Gasteiger partial charge in [0.25, 0.3) is 0 Å². The molecule has 1 saturated heterocycles. The fraction of sp³-hybridized carbons (Fsp3) is 0.625. The van der Waals surface area contributed by atoms with Crippen molar-refractivity contribution >= 4 is 0 Å². The molecule has 1 aliphatic rings. The van der Waals surface area contributed by atoms with Crippen LogP contribution in [0.25, 0.3) is 0 Å². The standard InChI is InChI=1S/C16H26N2O/c1-16(2)9-4-10-18(12-16)15(11-17)13-5-7-14(19-3)8-6-13/h5-8,15H,4,9-12,17H2,1-3H3. The summed E-state index contributed by atoms with van der Waals surface area (Å²) in [5, 5.41) is 0. The van der Waals surface area contributed by atoms with Crippen LogP contribution in [-0.2, 0) is 0 Å². The minimum atomic E-state index is 0.325. The molecule has 1 heterocycles. The minimum Gasteiger partial charge on any atom is -0.497 e. The van der Waals surface area contributed by atoms with E-state index in [0.717, 1.165) is 18.8 Å². The molecule has 0 aromatic heterocycles. The van der Waals surface area contributed by atoms with Crippen molar-refractivity contribution in [2.24, 2.45) is 11.1 Å². The van der Waals surface area contributed by atoms with Crippen LogP contribution in [0.15, 0.2) is 24.3 Å². The highest BCUT2D eigenvalue weighted by atomic mass is 16.5. The number of benzene rings is 1. The van der Waals surface area contributed by atoms with Gasteiger partial charge in [-0.15, -0.1) is 0 Å². The highest BCUT2D eigenvalue weighted by molar-refractivity contribution is 5.29. The molecule has 1 aliphatic heterocycles. The Labute approximate surface area is 116 Å². The molecule has 0 saturated carbocycles. The van der Waals surface area contributed by atoms with E-state index in [9.17, 15) is 0 Å². The lowest BCUT2D eigenvalue weighted by Crippen LogP contribution is -2.44. The maximum atomic E-state index is 6.02. The predicted octanol–water partition coefficient (Wildman–Crippen LogP) is 2.82. The molecule has 1 aromatic rings. The second kappa shape index (κ2) is 5.93. The number of hydrogen-bond donors (Lipinski definition) is 1. The van der Waals surface area contributed by atoms with Gasteiger partial charge in [-0.2, -0.15) is 0 Å². The van der Waals surface area contributed by atoms with E-state index >= 15 is 0 Å². The molecule has 3 heteroatoms. The van der Waals surface area contributed by atoms with Gasteiger partial charge >= 0.3 is 0 Å². The first kappa shape index (κ1) is 14.4. The van der Waals surface area contributed by atoms with Crippen molar-refractivity contribution < 1.29 is 4.74 Å². The fourth-order valence-electron chi connectivity index (χ4n) is 3.06. The van der Waals surface area contributed by atoms with Gasteiger partial charge in [-0.25, -0.2) is 0 Å². The summed E-state index contributed by atoms with van der Waals surface area (Å²) >= 11 is 0. The van der Waals surface area contributed by atoms with E-state index in [0.29, 0.717) is 18.0 Å². The van der Waals surface area contributed by atoms with E-state index in [-0.39, 0.29) is 0 Å². The highest BCUT2D eigenvalue weighted by Crippen LogP contribution is 2.33. The minimum absolute atomic E-state index is 0.325. The van der Waals surface area contributed by atoms with E-state index in [4.69, 9.17) is 10.5 Å². The Morgan fingerprint density at radius 1 is 1.32 bits per heavy atom. The number of methoxy groups -OCH3 is 1. The van der Waals surface area contributed by atoms with Crippen molar-refractivity contribution in [3.63, 3.8) is 0 Å². The zero-order chi connectivity index (χ0) is 13.9. The predicted molar refractivity (Wildman–Crippen MR) is 79.4 cm³/mol. The van der Waals surface area contributed by atoms with Crippen LogP contribution < -0.4 is 10.5 Å². The van der Waals surface area contributed by atoms with Crippen LogP contribution in [0.3, 0.4) is 0 Å². The van der Waals surface area contributed by atoms with E-state index in [1.165, 1.54) is 18.4 Å². The summed E-state index contributed by atoms with van der Waals surface area (Å²) in [5.74, 6) is 0.901. The summed E-state index contributed by atoms with van der Waals surface area (Å²) < 4.78 is 5.22. The lowest BCUT2D eigenvalue weighted by molar-refractivity contribution is 0.0806. The lowest BCUT2D eigenvalue weighted by atomic mass is 9.83. The maximum absolute atomic E-state index is 6.02. The van der Waals surface area contributed by atoms with Crippen LogP contribution in [0.4, 0.5) is 0 Å². The third-order valence-corrected chi connectivity index (χ3v) is 4.09. The molecule has 19 heavy (non-hydrogen) atoms. The van der Waals surface area contributed by atoms with Crippen LogP contribution >= 0.6 is 0 Å².